The number of benzene rings is 1. The van der Waals surface area contributed by atoms with Gasteiger partial charge in [-0.15, -0.1) is 22.7 Å². The van der Waals surface area contributed by atoms with Crippen molar-refractivity contribution < 1.29 is 19.1 Å². The normalized spacial score (nSPS) is 10.6. The molecule has 7 heteroatoms. The molecule has 0 aliphatic carbocycles. The van der Waals surface area contributed by atoms with Crippen molar-refractivity contribution in [3.05, 3.63) is 57.8 Å². The first-order chi connectivity index (χ1) is 14.0. The predicted molar refractivity (Wildman–Crippen MR) is 118 cm³/mol. The lowest BCUT2D eigenvalue weighted by Crippen LogP contribution is -2.15. The molecule has 1 N–H and O–H groups in total. The summed E-state index contributed by atoms with van der Waals surface area (Å²) in [6, 6.07) is 9.89. The summed E-state index contributed by atoms with van der Waals surface area (Å²) < 4.78 is 10.7. The van der Waals surface area contributed by atoms with E-state index in [1.54, 1.807) is 0 Å². The number of carbonyl (C=O) groups is 2. The molecule has 152 valence electrons. The van der Waals surface area contributed by atoms with E-state index in [-0.39, 0.29) is 5.91 Å². The molecule has 0 unspecified atom stereocenters. The first kappa shape index (κ1) is 21.1. The topological polar surface area (TPSA) is 64.6 Å². The van der Waals surface area contributed by atoms with Gasteiger partial charge in [-0.25, -0.2) is 4.79 Å². The van der Waals surface area contributed by atoms with Gasteiger partial charge in [0.1, 0.15) is 16.3 Å². The van der Waals surface area contributed by atoms with Crippen molar-refractivity contribution in [1.29, 1.82) is 0 Å². The number of aryl methyl sites for hydroxylation is 2. The lowest BCUT2D eigenvalue weighted by atomic mass is 10.1. The maximum atomic E-state index is 12.4. The van der Waals surface area contributed by atoms with Gasteiger partial charge in [0.05, 0.1) is 13.7 Å². The molecule has 0 saturated heterocycles. The Morgan fingerprint density at radius 3 is 2.66 bits per heavy atom. The van der Waals surface area contributed by atoms with E-state index >= 15 is 0 Å². The molecule has 0 spiro atoms. The molecule has 0 aliphatic heterocycles. The van der Waals surface area contributed by atoms with Crippen LogP contribution in [-0.4, -0.2) is 25.6 Å². The number of thiophene rings is 2. The maximum absolute atomic E-state index is 12.4. The van der Waals surface area contributed by atoms with E-state index in [1.807, 2.05) is 48.9 Å². The zero-order valence-electron chi connectivity index (χ0n) is 16.6. The van der Waals surface area contributed by atoms with E-state index < -0.39 is 5.97 Å². The summed E-state index contributed by atoms with van der Waals surface area (Å²) in [5, 5.41) is 7.19. The molecule has 0 fully saturated rings. The molecule has 5 nitrogen and oxygen atoms in total. The Morgan fingerprint density at radius 2 is 1.97 bits per heavy atom. The SMILES string of the molecule is COC(=O)c1c(-c2cccs2)csc1NC(=O)CCCOc1ccc(C)cc1C. The monoisotopic (exact) mass is 429 g/mol. The van der Waals surface area contributed by atoms with E-state index in [4.69, 9.17) is 9.47 Å². The largest absolute Gasteiger partial charge is 0.493 e. The number of nitrogens with one attached hydrogen (secondary N) is 1. The number of rotatable bonds is 8. The van der Waals surface area contributed by atoms with Crippen molar-refractivity contribution in [3.8, 4) is 16.2 Å². The Balaban J connectivity index is 1.58. The van der Waals surface area contributed by atoms with Crippen LogP contribution in [0.5, 0.6) is 5.75 Å². The Labute approximate surface area is 178 Å². The van der Waals surface area contributed by atoms with Gasteiger partial charge in [0, 0.05) is 22.2 Å². The van der Waals surface area contributed by atoms with Crippen molar-refractivity contribution in [1.82, 2.24) is 0 Å². The molecule has 3 aromatic rings. The van der Waals surface area contributed by atoms with Gasteiger partial charge < -0.3 is 14.8 Å². The first-order valence-electron chi connectivity index (χ1n) is 9.23. The molecule has 0 saturated carbocycles. The quantitative estimate of drug-likeness (QED) is 0.370. The van der Waals surface area contributed by atoms with Crippen LogP contribution < -0.4 is 10.1 Å². The minimum Gasteiger partial charge on any atom is -0.493 e. The van der Waals surface area contributed by atoms with Gasteiger partial charge in [-0.05, 0) is 43.3 Å². The van der Waals surface area contributed by atoms with Crippen LogP contribution in [0, 0.1) is 13.8 Å². The van der Waals surface area contributed by atoms with Crippen LogP contribution in [0.15, 0.2) is 41.1 Å². The number of esters is 1. The molecule has 3 rings (SSSR count). The molecule has 0 bridgehead atoms. The minimum absolute atomic E-state index is 0.154. The van der Waals surface area contributed by atoms with E-state index in [0.29, 0.717) is 30.0 Å². The third kappa shape index (κ3) is 5.25. The molecule has 0 radical (unpaired) electrons. The van der Waals surface area contributed by atoms with Gasteiger partial charge in [0.2, 0.25) is 5.91 Å². The molecule has 0 atom stereocenters. The fourth-order valence-electron chi connectivity index (χ4n) is 2.93. The Bertz CT molecular complexity index is 992. The highest BCUT2D eigenvalue weighted by molar-refractivity contribution is 7.17. The van der Waals surface area contributed by atoms with Crippen LogP contribution in [0.2, 0.25) is 0 Å². The van der Waals surface area contributed by atoms with E-state index in [1.165, 1.54) is 35.3 Å². The average Bonchev–Trinajstić information content (AvgIpc) is 3.35. The smallest absolute Gasteiger partial charge is 0.341 e. The van der Waals surface area contributed by atoms with Crippen LogP contribution in [-0.2, 0) is 9.53 Å². The van der Waals surface area contributed by atoms with Crippen LogP contribution in [0.25, 0.3) is 10.4 Å². The Morgan fingerprint density at radius 1 is 1.14 bits per heavy atom. The van der Waals surface area contributed by atoms with E-state index in [9.17, 15) is 9.59 Å². The van der Waals surface area contributed by atoms with Gasteiger partial charge in [0.15, 0.2) is 0 Å². The summed E-state index contributed by atoms with van der Waals surface area (Å²) in [6.45, 7) is 4.50. The second-order valence-electron chi connectivity index (χ2n) is 6.59. The molecule has 1 aromatic carbocycles. The van der Waals surface area contributed by atoms with Crippen molar-refractivity contribution >= 4 is 39.6 Å². The summed E-state index contributed by atoms with van der Waals surface area (Å²) in [6.07, 6.45) is 0.883. The molecular formula is C22H23NO4S2. The standard InChI is InChI=1S/C22H23NO4S2/c1-14-8-9-17(15(2)12-14)27-10-4-7-19(24)23-21-20(22(25)26-3)16(13-29-21)18-6-5-11-28-18/h5-6,8-9,11-13H,4,7,10H2,1-3H3,(H,23,24). The van der Waals surface area contributed by atoms with Gasteiger partial charge in [-0.1, -0.05) is 23.8 Å². The summed E-state index contributed by atoms with van der Waals surface area (Å²) in [5.74, 6) is 0.227. The number of amides is 1. The van der Waals surface area contributed by atoms with Crippen molar-refractivity contribution in [3.63, 3.8) is 0 Å². The minimum atomic E-state index is -0.455. The summed E-state index contributed by atoms with van der Waals surface area (Å²) in [5.41, 5.74) is 3.45. The Kier molecular flexibility index (Phi) is 7.06. The number of carbonyl (C=O) groups excluding carboxylic acids is 2. The fourth-order valence-corrected chi connectivity index (χ4v) is 4.72. The highest BCUT2D eigenvalue weighted by Gasteiger charge is 2.22. The van der Waals surface area contributed by atoms with E-state index in [2.05, 4.69) is 11.4 Å². The summed E-state index contributed by atoms with van der Waals surface area (Å²) in [4.78, 5) is 25.6. The van der Waals surface area contributed by atoms with Crippen LogP contribution in [0.4, 0.5) is 5.00 Å². The van der Waals surface area contributed by atoms with Crippen LogP contribution in [0.3, 0.4) is 0 Å². The summed E-state index contributed by atoms with van der Waals surface area (Å²) >= 11 is 2.87. The zero-order chi connectivity index (χ0) is 20.8. The Hall–Kier alpha value is -2.64. The molecule has 29 heavy (non-hydrogen) atoms. The molecule has 1 amide bonds. The summed E-state index contributed by atoms with van der Waals surface area (Å²) in [7, 11) is 1.34. The van der Waals surface area contributed by atoms with Crippen LogP contribution in [0.1, 0.15) is 34.3 Å². The second kappa shape index (κ2) is 9.71. The number of anilines is 1. The van der Waals surface area contributed by atoms with Crippen LogP contribution >= 0.6 is 22.7 Å². The molecule has 2 heterocycles. The molecular weight excluding hydrogens is 406 g/mol. The zero-order valence-corrected chi connectivity index (χ0v) is 18.2. The van der Waals surface area contributed by atoms with Crippen molar-refractivity contribution in [2.75, 3.05) is 19.0 Å². The highest BCUT2D eigenvalue weighted by Crippen LogP contribution is 2.38. The van der Waals surface area contributed by atoms with E-state index in [0.717, 1.165) is 21.8 Å². The third-order valence-corrected chi connectivity index (χ3v) is 6.15. The van der Waals surface area contributed by atoms with Crippen molar-refractivity contribution in [2.24, 2.45) is 0 Å². The second-order valence-corrected chi connectivity index (χ2v) is 8.42. The van der Waals surface area contributed by atoms with Gasteiger partial charge >= 0.3 is 5.97 Å². The predicted octanol–water partition coefficient (Wildman–Crippen LogP) is 5.68. The highest BCUT2D eigenvalue weighted by atomic mass is 32.1. The van der Waals surface area contributed by atoms with Crippen molar-refractivity contribution in [2.45, 2.75) is 26.7 Å². The van der Waals surface area contributed by atoms with Gasteiger partial charge in [0.25, 0.3) is 0 Å². The lowest BCUT2D eigenvalue weighted by Gasteiger charge is -2.10. The maximum Gasteiger partial charge on any atom is 0.341 e. The number of methoxy groups -OCH3 is 1. The average molecular weight is 430 g/mol. The number of hydrogen-bond acceptors (Lipinski definition) is 6. The first-order valence-corrected chi connectivity index (χ1v) is 11.0. The molecule has 0 aliphatic rings. The van der Waals surface area contributed by atoms with Gasteiger partial charge in [-0.3, -0.25) is 4.79 Å². The molecule has 2 aromatic heterocycles. The van der Waals surface area contributed by atoms with Gasteiger partial charge in [-0.2, -0.15) is 0 Å². The number of hydrogen-bond donors (Lipinski definition) is 1. The fraction of sp³-hybridized carbons (Fsp3) is 0.273. The number of ether oxygens (including phenoxy) is 2. The third-order valence-electron chi connectivity index (χ3n) is 4.36. The lowest BCUT2D eigenvalue weighted by molar-refractivity contribution is -0.116.